The number of hydrogen-bond acceptors (Lipinski definition) is 5. The molecular formula is C18H18N2O4S. The lowest BCUT2D eigenvalue weighted by atomic mass is 10.1. The first-order valence-electron chi connectivity index (χ1n) is 7.57. The van der Waals surface area contributed by atoms with Crippen LogP contribution in [-0.2, 0) is 10.0 Å². The highest BCUT2D eigenvalue weighted by Crippen LogP contribution is 2.30. The number of rotatable bonds is 5. The molecule has 0 spiro atoms. The van der Waals surface area contributed by atoms with Gasteiger partial charge in [-0.3, -0.25) is 4.31 Å². The molecule has 25 heavy (non-hydrogen) atoms. The minimum absolute atomic E-state index is 0.0959. The van der Waals surface area contributed by atoms with Crippen molar-refractivity contribution in [1.82, 2.24) is 4.98 Å². The molecule has 0 fully saturated rings. The first kappa shape index (κ1) is 17.0. The van der Waals surface area contributed by atoms with Gasteiger partial charge >= 0.3 is 0 Å². The maximum atomic E-state index is 12.9. The Kier molecular flexibility index (Phi) is 4.50. The van der Waals surface area contributed by atoms with E-state index in [0.717, 1.165) is 11.1 Å². The van der Waals surface area contributed by atoms with Crippen molar-refractivity contribution in [3.8, 4) is 17.2 Å². The third kappa shape index (κ3) is 3.23. The number of methoxy groups -OCH3 is 1. The smallest absolute Gasteiger partial charge is 0.265 e. The van der Waals surface area contributed by atoms with Gasteiger partial charge in [0.25, 0.3) is 10.0 Å². The molecule has 0 N–H and O–H groups in total. The summed E-state index contributed by atoms with van der Waals surface area (Å²) in [7, 11) is -0.740. The monoisotopic (exact) mass is 358 g/mol. The van der Waals surface area contributed by atoms with Crippen LogP contribution >= 0.6 is 0 Å². The van der Waals surface area contributed by atoms with E-state index in [1.165, 1.54) is 36.8 Å². The second kappa shape index (κ2) is 6.60. The van der Waals surface area contributed by atoms with E-state index >= 15 is 0 Å². The van der Waals surface area contributed by atoms with E-state index in [1.54, 1.807) is 18.4 Å². The van der Waals surface area contributed by atoms with Gasteiger partial charge in [0.1, 0.15) is 10.7 Å². The van der Waals surface area contributed by atoms with Crippen molar-refractivity contribution in [2.45, 2.75) is 11.8 Å². The van der Waals surface area contributed by atoms with Gasteiger partial charge < -0.3 is 9.15 Å². The van der Waals surface area contributed by atoms with Crippen LogP contribution in [0.5, 0.6) is 5.88 Å². The van der Waals surface area contributed by atoms with E-state index in [4.69, 9.17) is 9.15 Å². The molecule has 0 aliphatic rings. The quantitative estimate of drug-likeness (QED) is 0.698. The predicted octanol–water partition coefficient (Wildman–Crippen LogP) is 3.48. The number of aromatic nitrogens is 1. The van der Waals surface area contributed by atoms with Crippen LogP contribution in [0.25, 0.3) is 11.3 Å². The van der Waals surface area contributed by atoms with Crippen molar-refractivity contribution < 1.29 is 17.6 Å². The normalized spacial score (nSPS) is 11.3. The van der Waals surface area contributed by atoms with Crippen molar-refractivity contribution >= 4 is 15.7 Å². The van der Waals surface area contributed by atoms with Gasteiger partial charge in [-0.05, 0) is 36.8 Å². The van der Waals surface area contributed by atoms with E-state index in [1.807, 2.05) is 25.1 Å². The number of pyridine rings is 1. The Morgan fingerprint density at radius 1 is 1.16 bits per heavy atom. The van der Waals surface area contributed by atoms with Crippen LogP contribution in [-0.4, -0.2) is 27.6 Å². The summed E-state index contributed by atoms with van der Waals surface area (Å²) in [5.74, 6) is 1.04. The van der Waals surface area contributed by atoms with Gasteiger partial charge in [0.05, 0.1) is 25.3 Å². The molecule has 0 saturated heterocycles. The maximum Gasteiger partial charge on any atom is 0.265 e. The summed E-state index contributed by atoms with van der Waals surface area (Å²) >= 11 is 0. The van der Waals surface area contributed by atoms with E-state index in [0.29, 0.717) is 17.3 Å². The number of hydrogen-bond donors (Lipinski definition) is 0. The summed E-state index contributed by atoms with van der Waals surface area (Å²) in [5.41, 5.74) is 2.22. The lowest BCUT2D eigenvalue weighted by molar-refractivity contribution is 0.397. The molecule has 0 bridgehead atoms. The number of benzene rings is 1. The lowest BCUT2D eigenvalue weighted by Gasteiger charge is -2.22. The summed E-state index contributed by atoms with van der Waals surface area (Å²) in [5, 5.41) is 0. The van der Waals surface area contributed by atoms with Gasteiger partial charge in [-0.25, -0.2) is 13.4 Å². The Morgan fingerprint density at radius 2 is 1.96 bits per heavy atom. The van der Waals surface area contributed by atoms with E-state index in [2.05, 4.69) is 4.98 Å². The van der Waals surface area contributed by atoms with Gasteiger partial charge in [-0.2, -0.15) is 0 Å². The molecule has 0 aliphatic carbocycles. The molecule has 2 aromatic heterocycles. The van der Waals surface area contributed by atoms with Crippen molar-refractivity contribution in [2.24, 2.45) is 0 Å². The predicted molar refractivity (Wildman–Crippen MR) is 95.3 cm³/mol. The minimum atomic E-state index is -3.74. The van der Waals surface area contributed by atoms with E-state index in [9.17, 15) is 8.42 Å². The number of ether oxygens (including phenoxy) is 1. The zero-order chi connectivity index (χ0) is 18.0. The number of sulfonamides is 1. The van der Waals surface area contributed by atoms with Gasteiger partial charge in [-0.1, -0.05) is 12.1 Å². The molecular weight excluding hydrogens is 340 g/mol. The second-order valence-electron chi connectivity index (χ2n) is 5.49. The van der Waals surface area contributed by atoms with Crippen molar-refractivity contribution in [2.75, 3.05) is 18.5 Å². The standard InChI is InChI=1S/C18H18N2O4S/c1-13-6-7-14(17-5-4-10-24-17)11-16(13)20(2)25(21,22)15-8-9-18(23-3)19-12-15/h4-12H,1-3H3. The Hall–Kier alpha value is -2.80. The third-order valence-electron chi connectivity index (χ3n) is 3.93. The first-order valence-corrected chi connectivity index (χ1v) is 9.01. The fourth-order valence-corrected chi connectivity index (χ4v) is 3.67. The van der Waals surface area contributed by atoms with Crippen LogP contribution in [0.2, 0.25) is 0 Å². The van der Waals surface area contributed by atoms with Gasteiger partial charge in [0.2, 0.25) is 5.88 Å². The van der Waals surface area contributed by atoms with Crippen LogP contribution in [0.4, 0.5) is 5.69 Å². The van der Waals surface area contributed by atoms with Crippen molar-refractivity contribution in [3.63, 3.8) is 0 Å². The number of anilines is 1. The summed E-state index contributed by atoms with van der Waals surface area (Å²) in [6.45, 7) is 1.86. The molecule has 3 aromatic rings. The molecule has 0 saturated carbocycles. The highest BCUT2D eigenvalue weighted by molar-refractivity contribution is 7.92. The molecule has 0 amide bonds. The van der Waals surface area contributed by atoms with Crippen molar-refractivity contribution in [3.05, 3.63) is 60.5 Å². The summed E-state index contributed by atoms with van der Waals surface area (Å²) in [6.07, 6.45) is 2.87. The lowest BCUT2D eigenvalue weighted by Crippen LogP contribution is -2.27. The Morgan fingerprint density at radius 3 is 2.56 bits per heavy atom. The molecule has 0 atom stereocenters. The molecule has 2 heterocycles. The highest BCUT2D eigenvalue weighted by atomic mass is 32.2. The number of furan rings is 1. The number of aryl methyl sites for hydroxylation is 1. The Labute approximate surface area is 146 Å². The largest absolute Gasteiger partial charge is 0.481 e. The SMILES string of the molecule is COc1ccc(S(=O)(=O)N(C)c2cc(-c3ccco3)ccc2C)cn1. The van der Waals surface area contributed by atoms with E-state index in [-0.39, 0.29) is 4.90 Å². The zero-order valence-corrected chi connectivity index (χ0v) is 14.9. The second-order valence-corrected chi connectivity index (χ2v) is 7.46. The third-order valence-corrected chi connectivity index (χ3v) is 5.69. The first-order chi connectivity index (χ1) is 11.9. The zero-order valence-electron chi connectivity index (χ0n) is 14.1. The summed E-state index contributed by atoms with van der Waals surface area (Å²) in [6, 6.07) is 12.2. The fourth-order valence-electron chi connectivity index (χ4n) is 2.47. The van der Waals surface area contributed by atoms with Crippen LogP contribution in [0.15, 0.2) is 64.2 Å². The van der Waals surface area contributed by atoms with Crippen LogP contribution in [0.3, 0.4) is 0 Å². The molecule has 7 heteroatoms. The molecule has 0 radical (unpaired) electrons. The molecule has 3 rings (SSSR count). The maximum absolute atomic E-state index is 12.9. The average Bonchev–Trinajstić information content (AvgIpc) is 3.16. The Balaban J connectivity index is 2.01. The minimum Gasteiger partial charge on any atom is -0.481 e. The average molecular weight is 358 g/mol. The van der Waals surface area contributed by atoms with E-state index < -0.39 is 10.0 Å². The van der Waals surface area contributed by atoms with Crippen molar-refractivity contribution in [1.29, 1.82) is 0 Å². The summed E-state index contributed by atoms with van der Waals surface area (Å²) < 4.78 is 37.4. The molecule has 1 aromatic carbocycles. The van der Waals surface area contributed by atoms with Gasteiger partial charge in [0.15, 0.2) is 0 Å². The molecule has 130 valence electrons. The van der Waals surface area contributed by atoms with Gasteiger partial charge in [-0.15, -0.1) is 0 Å². The molecule has 6 nitrogen and oxygen atoms in total. The molecule has 0 unspecified atom stereocenters. The van der Waals surface area contributed by atoms with Crippen LogP contribution < -0.4 is 9.04 Å². The topological polar surface area (TPSA) is 72.6 Å². The Bertz CT molecular complexity index is 965. The number of nitrogens with zero attached hydrogens (tertiary/aromatic N) is 2. The van der Waals surface area contributed by atoms with Gasteiger partial charge in [0, 0.05) is 18.7 Å². The van der Waals surface area contributed by atoms with Crippen LogP contribution in [0, 0.1) is 6.92 Å². The molecule has 0 aliphatic heterocycles. The highest BCUT2D eigenvalue weighted by Gasteiger charge is 2.23. The fraction of sp³-hybridized carbons (Fsp3) is 0.167. The summed E-state index contributed by atoms with van der Waals surface area (Å²) in [4.78, 5) is 4.07. The van der Waals surface area contributed by atoms with Crippen LogP contribution in [0.1, 0.15) is 5.56 Å².